The molecule has 0 aromatic heterocycles. The predicted molar refractivity (Wildman–Crippen MR) is 69.6 cm³/mol. The summed E-state index contributed by atoms with van der Waals surface area (Å²) in [5, 5.41) is 9.71. The van der Waals surface area contributed by atoms with Gasteiger partial charge < -0.3 is 5.11 Å². The fraction of sp³-hybridized carbons (Fsp3) is 0.538. The SMILES string of the molecule is CCS(=O)(=O)CCCC(O)Cc1cc(F)cc(F)c1. The summed E-state index contributed by atoms with van der Waals surface area (Å²) in [5.74, 6) is -1.26. The predicted octanol–water partition coefficient (Wildman–Crippen LogP) is 2.08. The van der Waals surface area contributed by atoms with E-state index in [9.17, 15) is 22.3 Å². The molecule has 1 aromatic rings. The van der Waals surface area contributed by atoms with E-state index in [0.717, 1.165) is 18.2 Å². The van der Waals surface area contributed by atoms with Gasteiger partial charge >= 0.3 is 0 Å². The highest BCUT2D eigenvalue weighted by Crippen LogP contribution is 2.12. The van der Waals surface area contributed by atoms with E-state index in [0.29, 0.717) is 12.0 Å². The Balaban J connectivity index is 2.45. The largest absolute Gasteiger partial charge is 0.393 e. The van der Waals surface area contributed by atoms with Gasteiger partial charge in [0.15, 0.2) is 0 Å². The van der Waals surface area contributed by atoms with Crippen LogP contribution in [0.4, 0.5) is 8.78 Å². The Morgan fingerprint density at radius 2 is 1.79 bits per heavy atom. The van der Waals surface area contributed by atoms with Crippen molar-refractivity contribution in [3.8, 4) is 0 Å². The van der Waals surface area contributed by atoms with Crippen molar-refractivity contribution in [1.29, 1.82) is 0 Å². The molecule has 0 heterocycles. The van der Waals surface area contributed by atoms with Gasteiger partial charge in [-0.05, 0) is 37.0 Å². The molecular formula is C13H18F2O3S. The first-order chi connectivity index (χ1) is 8.82. The fourth-order valence-electron chi connectivity index (χ4n) is 1.79. The van der Waals surface area contributed by atoms with Crippen molar-refractivity contribution in [3.05, 3.63) is 35.4 Å². The third-order valence-corrected chi connectivity index (χ3v) is 4.62. The second-order valence-corrected chi connectivity index (χ2v) is 6.99. The first kappa shape index (κ1) is 16.0. The van der Waals surface area contributed by atoms with Gasteiger partial charge in [-0.3, -0.25) is 0 Å². The number of benzene rings is 1. The van der Waals surface area contributed by atoms with Crippen LogP contribution in [-0.4, -0.2) is 31.1 Å². The zero-order valence-corrected chi connectivity index (χ0v) is 11.6. The van der Waals surface area contributed by atoms with Crippen LogP contribution in [0.3, 0.4) is 0 Å². The van der Waals surface area contributed by atoms with E-state index in [-0.39, 0.29) is 24.3 Å². The number of sulfone groups is 1. The van der Waals surface area contributed by atoms with Gasteiger partial charge in [0.25, 0.3) is 0 Å². The van der Waals surface area contributed by atoms with Gasteiger partial charge in [-0.25, -0.2) is 17.2 Å². The Labute approximate surface area is 112 Å². The first-order valence-corrected chi connectivity index (χ1v) is 7.98. The Hall–Kier alpha value is -1.01. The first-order valence-electron chi connectivity index (χ1n) is 6.16. The minimum absolute atomic E-state index is 0.0259. The Bertz CT molecular complexity index is 494. The highest BCUT2D eigenvalue weighted by atomic mass is 32.2. The maximum absolute atomic E-state index is 12.9. The van der Waals surface area contributed by atoms with Crippen LogP contribution in [0.5, 0.6) is 0 Å². The Morgan fingerprint density at radius 3 is 2.32 bits per heavy atom. The molecule has 0 aliphatic rings. The van der Waals surface area contributed by atoms with E-state index in [1.807, 2.05) is 0 Å². The fourth-order valence-corrected chi connectivity index (χ4v) is 2.68. The van der Waals surface area contributed by atoms with Crippen LogP contribution in [0.25, 0.3) is 0 Å². The molecule has 0 fully saturated rings. The van der Waals surface area contributed by atoms with Crippen LogP contribution in [0.2, 0.25) is 0 Å². The lowest BCUT2D eigenvalue weighted by molar-refractivity contribution is 0.164. The number of halogens is 2. The Kier molecular flexibility index (Phi) is 5.87. The summed E-state index contributed by atoms with van der Waals surface area (Å²) in [6.45, 7) is 1.57. The standard InChI is InChI=1S/C13H18F2O3S/c1-2-19(17,18)5-3-4-13(16)8-10-6-11(14)9-12(15)7-10/h6-7,9,13,16H,2-5,8H2,1H3. The van der Waals surface area contributed by atoms with E-state index >= 15 is 0 Å². The van der Waals surface area contributed by atoms with Gasteiger partial charge in [-0.2, -0.15) is 0 Å². The summed E-state index contributed by atoms with van der Waals surface area (Å²) in [6, 6.07) is 3.09. The molecule has 0 saturated heterocycles. The third-order valence-electron chi connectivity index (χ3n) is 2.83. The molecule has 0 aliphatic heterocycles. The summed E-state index contributed by atoms with van der Waals surface area (Å²) in [7, 11) is -3.03. The number of hydrogen-bond acceptors (Lipinski definition) is 3. The lowest BCUT2D eigenvalue weighted by atomic mass is 10.0. The van der Waals surface area contributed by atoms with Crippen LogP contribution in [0, 0.1) is 11.6 Å². The topological polar surface area (TPSA) is 54.4 Å². The van der Waals surface area contributed by atoms with Crippen LogP contribution >= 0.6 is 0 Å². The molecule has 0 amide bonds. The van der Waals surface area contributed by atoms with Gasteiger partial charge in [0, 0.05) is 11.8 Å². The van der Waals surface area contributed by atoms with Crippen molar-refractivity contribution in [3.63, 3.8) is 0 Å². The molecule has 6 heteroatoms. The monoisotopic (exact) mass is 292 g/mol. The van der Waals surface area contributed by atoms with Crippen LogP contribution in [0.15, 0.2) is 18.2 Å². The maximum Gasteiger partial charge on any atom is 0.150 e. The van der Waals surface area contributed by atoms with Crippen LogP contribution < -0.4 is 0 Å². The highest BCUT2D eigenvalue weighted by Gasteiger charge is 2.11. The van der Waals surface area contributed by atoms with Crippen LogP contribution in [0.1, 0.15) is 25.3 Å². The van der Waals surface area contributed by atoms with E-state index in [1.165, 1.54) is 0 Å². The summed E-state index contributed by atoms with van der Waals surface area (Å²) in [5.41, 5.74) is 0.364. The van der Waals surface area contributed by atoms with Crippen molar-refractivity contribution in [2.24, 2.45) is 0 Å². The molecule has 0 saturated carbocycles. The molecular weight excluding hydrogens is 274 g/mol. The van der Waals surface area contributed by atoms with E-state index < -0.39 is 27.6 Å². The van der Waals surface area contributed by atoms with Gasteiger partial charge in [0.1, 0.15) is 21.5 Å². The molecule has 1 unspecified atom stereocenters. The molecule has 19 heavy (non-hydrogen) atoms. The number of rotatable bonds is 7. The zero-order valence-electron chi connectivity index (χ0n) is 10.8. The van der Waals surface area contributed by atoms with E-state index in [4.69, 9.17) is 0 Å². The molecule has 0 aliphatic carbocycles. The molecule has 0 spiro atoms. The quantitative estimate of drug-likeness (QED) is 0.837. The molecule has 0 radical (unpaired) electrons. The average molecular weight is 292 g/mol. The lowest BCUT2D eigenvalue weighted by Gasteiger charge is -2.10. The Morgan fingerprint density at radius 1 is 1.21 bits per heavy atom. The second-order valence-electron chi connectivity index (χ2n) is 4.51. The molecule has 0 bridgehead atoms. The van der Waals surface area contributed by atoms with Gasteiger partial charge in [-0.1, -0.05) is 6.92 Å². The van der Waals surface area contributed by atoms with Crippen LogP contribution in [-0.2, 0) is 16.3 Å². The number of aliphatic hydroxyl groups is 1. The van der Waals surface area contributed by atoms with Crippen molar-refractivity contribution in [2.45, 2.75) is 32.3 Å². The van der Waals surface area contributed by atoms with Crippen molar-refractivity contribution >= 4 is 9.84 Å². The normalized spacial score (nSPS) is 13.5. The summed E-state index contributed by atoms with van der Waals surface area (Å²) in [6.07, 6.45) is -0.0545. The second kappa shape index (κ2) is 6.96. The molecule has 108 valence electrons. The molecule has 1 aromatic carbocycles. The number of hydrogen-bond donors (Lipinski definition) is 1. The van der Waals surface area contributed by atoms with E-state index in [1.54, 1.807) is 6.92 Å². The summed E-state index contributed by atoms with van der Waals surface area (Å²) in [4.78, 5) is 0. The minimum Gasteiger partial charge on any atom is -0.393 e. The highest BCUT2D eigenvalue weighted by molar-refractivity contribution is 7.91. The third kappa shape index (κ3) is 6.11. The van der Waals surface area contributed by atoms with Crippen molar-refractivity contribution < 1.29 is 22.3 Å². The average Bonchev–Trinajstić information content (AvgIpc) is 2.27. The molecule has 1 N–H and O–H groups in total. The number of aliphatic hydroxyl groups excluding tert-OH is 1. The molecule has 1 rings (SSSR count). The van der Waals surface area contributed by atoms with Crippen molar-refractivity contribution in [1.82, 2.24) is 0 Å². The van der Waals surface area contributed by atoms with Crippen molar-refractivity contribution in [2.75, 3.05) is 11.5 Å². The zero-order chi connectivity index (χ0) is 14.5. The van der Waals surface area contributed by atoms with Gasteiger partial charge in [-0.15, -0.1) is 0 Å². The van der Waals surface area contributed by atoms with E-state index in [2.05, 4.69) is 0 Å². The molecule has 1 atom stereocenters. The lowest BCUT2D eigenvalue weighted by Crippen LogP contribution is -2.15. The summed E-state index contributed by atoms with van der Waals surface area (Å²) >= 11 is 0. The smallest absolute Gasteiger partial charge is 0.150 e. The van der Waals surface area contributed by atoms with Gasteiger partial charge in [0.2, 0.25) is 0 Å². The van der Waals surface area contributed by atoms with Gasteiger partial charge in [0.05, 0.1) is 11.9 Å². The minimum atomic E-state index is -3.03. The summed E-state index contributed by atoms with van der Waals surface area (Å²) < 4.78 is 48.4. The molecule has 3 nitrogen and oxygen atoms in total. The maximum atomic E-state index is 12.9.